The van der Waals surface area contributed by atoms with Gasteiger partial charge in [-0.05, 0) is 104 Å². The fourth-order valence-electron chi connectivity index (χ4n) is 10.6. The van der Waals surface area contributed by atoms with Crippen LogP contribution in [0.5, 0.6) is 0 Å². The fourth-order valence-corrected chi connectivity index (χ4v) is 10.6. The topological polar surface area (TPSA) is 21.3 Å². The summed E-state index contributed by atoms with van der Waals surface area (Å²) >= 11 is 0. The summed E-state index contributed by atoms with van der Waals surface area (Å²) in [7, 11) is 0. The molecule has 0 fully saturated rings. The highest BCUT2D eigenvalue weighted by Gasteiger charge is 2.47. The Balaban J connectivity index is 1.14. The second-order valence-electron chi connectivity index (χ2n) is 16.4. The molecule has 0 unspecified atom stereocenters. The summed E-state index contributed by atoms with van der Waals surface area (Å²) in [5.74, 6) is 0. The van der Waals surface area contributed by atoms with Crippen molar-refractivity contribution >= 4 is 71.6 Å². The number of furan rings is 1. The predicted molar refractivity (Wildman–Crippen MR) is 258 cm³/mol. The third-order valence-corrected chi connectivity index (χ3v) is 13.2. The minimum absolute atomic E-state index is 0.694. The maximum atomic E-state index is 6.52. The molecule has 13 rings (SSSR count). The Morgan fingerprint density at radius 3 is 1.81 bits per heavy atom. The lowest BCUT2D eigenvalue weighted by Gasteiger charge is -2.37. The van der Waals surface area contributed by atoms with Crippen molar-refractivity contribution < 1.29 is 4.42 Å². The van der Waals surface area contributed by atoms with E-state index in [1.165, 1.54) is 66.0 Å². The van der Waals surface area contributed by atoms with Crippen LogP contribution < -0.4 is 4.90 Å². The Labute approximate surface area is 359 Å². The first-order valence-corrected chi connectivity index (χ1v) is 21.3. The third kappa shape index (κ3) is 4.94. The quantitative estimate of drug-likeness (QED) is 0.167. The van der Waals surface area contributed by atoms with Crippen LogP contribution >= 0.6 is 0 Å². The summed E-state index contributed by atoms with van der Waals surface area (Å²) in [4.78, 5) is 2.42. The third-order valence-electron chi connectivity index (χ3n) is 13.2. The first kappa shape index (κ1) is 34.7. The van der Waals surface area contributed by atoms with Crippen LogP contribution in [0.4, 0.5) is 17.1 Å². The van der Waals surface area contributed by atoms with E-state index >= 15 is 0 Å². The van der Waals surface area contributed by atoms with Crippen molar-refractivity contribution in [3.63, 3.8) is 0 Å². The molecule has 2 heterocycles. The SMILES string of the molecule is c1ccc(-c2ccc(N(c3ccc4c5ccccc5n(C5(c6ccc7ccccc7c6)c6ccccc6-c6ccccc65)c4c3)c3cccc4oc5ccccc5c34)cc2)cc1. The molecule has 1 aliphatic rings. The molecule has 1 aliphatic carbocycles. The molecule has 12 aromatic rings. The van der Waals surface area contributed by atoms with E-state index in [0.29, 0.717) is 0 Å². The summed E-state index contributed by atoms with van der Waals surface area (Å²) in [5, 5.41) is 7.05. The maximum Gasteiger partial charge on any atom is 0.137 e. The molecule has 0 bridgehead atoms. The van der Waals surface area contributed by atoms with Crippen LogP contribution in [0, 0.1) is 0 Å². The van der Waals surface area contributed by atoms with Crippen LogP contribution in [-0.4, -0.2) is 4.57 Å². The number of nitrogens with zero attached hydrogens (tertiary/aromatic N) is 2. The standard InChI is InChI=1S/C59H38N2O/c1-2-15-39(16-3-1)41-30-33-44(34-31-41)60(54-26-14-28-57-58(54)50-22-9-13-27-56(50)62-57)45-35-36-49-48-21-8-12-25-53(48)61(55(49)38-45)59(43-32-29-40-17-4-5-18-42(40)37-43)51-23-10-6-19-46(51)47-20-7-11-24-52(47)59/h1-38H. The van der Waals surface area contributed by atoms with Crippen LogP contribution in [0.25, 0.3) is 76.8 Å². The molecule has 3 nitrogen and oxygen atoms in total. The van der Waals surface area contributed by atoms with Crippen molar-refractivity contribution in [2.24, 2.45) is 0 Å². The Kier molecular flexibility index (Phi) is 7.52. The molecule has 0 saturated carbocycles. The number of anilines is 3. The smallest absolute Gasteiger partial charge is 0.137 e. The second-order valence-corrected chi connectivity index (χ2v) is 16.4. The highest BCUT2D eigenvalue weighted by Crippen LogP contribution is 2.56. The Bertz CT molecular complexity index is 3660. The van der Waals surface area contributed by atoms with Crippen LogP contribution in [0.1, 0.15) is 16.7 Å². The molecular formula is C59H38N2O. The summed E-state index contributed by atoms with van der Waals surface area (Å²) in [6.07, 6.45) is 0. The molecule has 0 spiro atoms. The second kappa shape index (κ2) is 13.4. The molecule has 2 aromatic heterocycles. The number of para-hydroxylation sites is 2. The highest BCUT2D eigenvalue weighted by atomic mass is 16.3. The number of hydrogen-bond donors (Lipinski definition) is 0. The van der Waals surface area contributed by atoms with Gasteiger partial charge in [-0.1, -0.05) is 176 Å². The molecule has 0 aliphatic heterocycles. The van der Waals surface area contributed by atoms with E-state index in [0.717, 1.165) is 44.5 Å². The van der Waals surface area contributed by atoms with Gasteiger partial charge >= 0.3 is 0 Å². The van der Waals surface area contributed by atoms with Crippen LogP contribution in [-0.2, 0) is 5.54 Å². The lowest BCUT2D eigenvalue weighted by Crippen LogP contribution is -2.35. The molecule has 290 valence electrons. The minimum Gasteiger partial charge on any atom is -0.456 e. The number of aromatic nitrogens is 1. The van der Waals surface area contributed by atoms with Crippen molar-refractivity contribution in [1.29, 1.82) is 0 Å². The lowest BCUT2D eigenvalue weighted by atomic mass is 9.79. The number of hydrogen-bond acceptors (Lipinski definition) is 2. The zero-order valence-electron chi connectivity index (χ0n) is 33.7. The summed E-state index contributed by atoms with van der Waals surface area (Å²) in [6.45, 7) is 0. The molecule has 0 saturated heterocycles. The summed E-state index contributed by atoms with van der Waals surface area (Å²) < 4.78 is 9.17. The van der Waals surface area contributed by atoms with Crippen molar-refractivity contribution in [1.82, 2.24) is 4.57 Å². The van der Waals surface area contributed by atoms with E-state index in [2.05, 4.69) is 234 Å². The van der Waals surface area contributed by atoms with Gasteiger partial charge in [0.05, 0.1) is 22.1 Å². The van der Waals surface area contributed by atoms with Gasteiger partial charge in [-0.25, -0.2) is 0 Å². The average Bonchev–Trinajstić information content (AvgIpc) is 3.99. The van der Waals surface area contributed by atoms with Crippen molar-refractivity contribution in [3.05, 3.63) is 247 Å². The first-order valence-electron chi connectivity index (χ1n) is 21.3. The van der Waals surface area contributed by atoms with Crippen molar-refractivity contribution in [3.8, 4) is 22.3 Å². The molecule has 0 atom stereocenters. The van der Waals surface area contributed by atoms with E-state index in [4.69, 9.17) is 4.42 Å². The van der Waals surface area contributed by atoms with Crippen LogP contribution in [0.15, 0.2) is 235 Å². The van der Waals surface area contributed by atoms with Gasteiger partial charge in [0.15, 0.2) is 0 Å². The zero-order chi connectivity index (χ0) is 40.8. The van der Waals surface area contributed by atoms with Gasteiger partial charge < -0.3 is 13.9 Å². The minimum atomic E-state index is -0.694. The van der Waals surface area contributed by atoms with Gasteiger partial charge in [-0.3, -0.25) is 0 Å². The number of fused-ring (bicyclic) bond motifs is 10. The monoisotopic (exact) mass is 790 g/mol. The van der Waals surface area contributed by atoms with Gasteiger partial charge in [-0.2, -0.15) is 0 Å². The lowest BCUT2D eigenvalue weighted by molar-refractivity contribution is 0.564. The summed E-state index contributed by atoms with van der Waals surface area (Å²) in [6, 6.07) is 84.2. The van der Waals surface area contributed by atoms with E-state index in [9.17, 15) is 0 Å². The van der Waals surface area contributed by atoms with Crippen molar-refractivity contribution in [2.45, 2.75) is 5.54 Å². The predicted octanol–water partition coefficient (Wildman–Crippen LogP) is 15.8. The molecule has 0 radical (unpaired) electrons. The normalized spacial score (nSPS) is 13.0. The molecule has 10 aromatic carbocycles. The van der Waals surface area contributed by atoms with Gasteiger partial charge in [0.2, 0.25) is 0 Å². The fraction of sp³-hybridized carbons (Fsp3) is 0.0169. The number of benzene rings is 10. The largest absolute Gasteiger partial charge is 0.456 e. The number of rotatable bonds is 6. The molecule has 0 amide bonds. The molecule has 3 heteroatoms. The van der Waals surface area contributed by atoms with E-state index in [1.54, 1.807) is 0 Å². The van der Waals surface area contributed by atoms with Crippen molar-refractivity contribution in [2.75, 3.05) is 4.90 Å². The van der Waals surface area contributed by atoms with E-state index in [1.807, 2.05) is 6.07 Å². The Morgan fingerprint density at radius 1 is 0.387 bits per heavy atom. The summed E-state index contributed by atoms with van der Waals surface area (Å²) in [5.41, 5.74) is 15.2. The van der Waals surface area contributed by atoms with Gasteiger partial charge in [0.1, 0.15) is 16.7 Å². The zero-order valence-corrected chi connectivity index (χ0v) is 33.7. The van der Waals surface area contributed by atoms with Crippen LogP contribution in [0.3, 0.4) is 0 Å². The molecule has 0 N–H and O–H groups in total. The Morgan fingerprint density at radius 2 is 1.00 bits per heavy atom. The molecular weight excluding hydrogens is 753 g/mol. The highest BCUT2D eigenvalue weighted by molar-refractivity contribution is 6.15. The average molecular weight is 791 g/mol. The van der Waals surface area contributed by atoms with E-state index < -0.39 is 5.54 Å². The Hall–Kier alpha value is -8.14. The van der Waals surface area contributed by atoms with Gasteiger partial charge in [-0.15, -0.1) is 0 Å². The maximum absolute atomic E-state index is 6.52. The first-order chi connectivity index (χ1) is 30.8. The van der Waals surface area contributed by atoms with Crippen LogP contribution in [0.2, 0.25) is 0 Å². The van der Waals surface area contributed by atoms with Gasteiger partial charge in [0, 0.05) is 27.5 Å². The molecule has 62 heavy (non-hydrogen) atoms. The van der Waals surface area contributed by atoms with Gasteiger partial charge in [0.25, 0.3) is 0 Å². The van der Waals surface area contributed by atoms with E-state index in [-0.39, 0.29) is 0 Å².